The van der Waals surface area contributed by atoms with Crippen molar-refractivity contribution in [1.29, 1.82) is 0 Å². The Hall–Kier alpha value is -0.810. The maximum Gasteiger partial charge on any atom is 0.154 e. The molecule has 0 bridgehead atoms. The molecule has 0 aromatic carbocycles. The van der Waals surface area contributed by atoms with Crippen molar-refractivity contribution in [1.82, 2.24) is 5.32 Å². The van der Waals surface area contributed by atoms with E-state index in [1.54, 1.807) is 19.2 Å². The van der Waals surface area contributed by atoms with Gasteiger partial charge in [0.1, 0.15) is 17.3 Å². The molecular formula is C8H13NO3S. The Bertz CT molecular complexity index is 366. The standard InChI is InChI=1S/C8H13NO3S/c1-9-5-7-3-4-8(12-7)6-13(2,10)11/h3-4,9H,5-6H2,1-2H3. The first kappa shape index (κ1) is 10.3. The van der Waals surface area contributed by atoms with Crippen molar-refractivity contribution in [2.24, 2.45) is 0 Å². The van der Waals surface area contributed by atoms with E-state index in [1.165, 1.54) is 6.26 Å². The van der Waals surface area contributed by atoms with Gasteiger partial charge in [0.15, 0.2) is 9.84 Å². The molecule has 1 aromatic heterocycles. The summed E-state index contributed by atoms with van der Waals surface area (Å²) >= 11 is 0. The van der Waals surface area contributed by atoms with Crippen LogP contribution in [0.4, 0.5) is 0 Å². The lowest BCUT2D eigenvalue weighted by Crippen LogP contribution is -2.03. The van der Waals surface area contributed by atoms with Gasteiger partial charge in [0, 0.05) is 6.26 Å². The maximum absolute atomic E-state index is 10.9. The van der Waals surface area contributed by atoms with Gasteiger partial charge in [0.25, 0.3) is 0 Å². The minimum atomic E-state index is -2.99. The minimum Gasteiger partial charge on any atom is -0.464 e. The molecule has 0 saturated carbocycles. The Labute approximate surface area is 77.9 Å². The van der Waals surface area contributed by atoms with E-state index in [0.29, 0.717) is 12.3 Å². The molecule has 0 unspecified atom stereocenters. The van der Waals surface area contributed by atoms with E-state index in [0.717, 1.165) is 5.76 Å². The first-order valence-corrected chi connectivity index (χ1v) is 5.97. The normalized spacial score (nSPS) is 11.8. The number of hydrogen-bond donors (Lipinski definition) is 1. The van der Waals surface area contributed by atoms with Crippen molar-refractivity contribution in [2.75, 3.05) is 13.3 Å². The molecule has 4 nitrogen and oxygen atoms in total. The molecule has 0 radical (unpaired) electrons. The van der Waals surface area contributed by atoms with Gasteiger partial charge in [-0.15, -0.1) is 0 Å². The lowest BCUT2D eigenvalue weighted by Gasteiger charge is -1.94. The zero-order valence-corrected chi connectivity index (χ0v) is 8.52. The Balaban J connectivity index is 2.69. The van der Waals surface area contributed by atoms with Crippen molar-refractivity contribution in [3.63, 3.8) is 0 Å². The third-order valence-corrected chi connectivity index (χ3v) is 2.28. The van der Waals surface area contributed by atoms with E-state index in [-0.39, 0.29) is 5.75 Å². The van der Waals surface area contributed by atoms with Crippen LogP contribution in [0.3, 0.4) is 0 Å². The fraction of sp³-hybridized carbons (Fsp3) is 0.500. The Morgan fingerprint density at radius 2 is 2.00 bits per heavy atom. The van der Waals surface area contributed by atoms with E-state index in [2.05, 4.69) is 5.32 Å². The second-order valence-electron chi connectivity index (χ2n) is 2.97. The zero-order valence-electron chi connectivity index (χ0n) is 7.70. The number of rotatable bonds is 4. The van der Waals surface area contributed by atoms with E-state index in [1.807, 2.05) is 0 Å². The zero-order chi connectivity index (χ0) is 9.90. The van der Waals surface area contributed by atoms with Crippen LogP contribution in [0.1, 0.15) is 11.5 Å². The summed E-state index contributed by atoms with van der Waals surface area (Å²) in [4.78, 5) is 0. The highest BCUT2D eigenvalue weighted by Gasteiger charge is 2.08. The van der Waals surface area contributed by atoms with Crippen LogP contribution in [-0.4, -0.2) is 21.7 Å². The highest BCUT2D eigenvalue weighted by Crippen LogP contribution is 2.10. The number of nitrogens with one attached hydrogen (secondary N) is 1. The average molecular weight is 203 g/mol. The van der Waals surface area contributed by atoms with E-state index >= 15 is 0 Å². The average Bonchev–Trinajstić information content (AvgIpc) is 2.33. The molecule has 74 valence electrons. The smallest absolute Gasteiger partial charge is 0.154 e. The van der Waals surface area contributed by atoms with E-state index < -0.39 is 9.84 Å². The van der Waals surface area contributed by atoms with Gasteiger partial charge in [-0.25, -0.2) is 8.42 Å². The highest BCUT2D eigenvalue weighted by molar-refractivity contribution is 7.89. The molecule has 5 heteroatoms. The molecule has 0 spiro atoms. The molecule has 0 atom stereocenters. The van der Waals surface area contributed by atoms with Crippen LogP contribution in [0.15, 0.2) is 16.5 Å². The molecule has 1 heterocycles. The Kier molecular flexibility index (Phi) is 3.11. The molecular weight excluding hydrogens is 190 g/mol. The van der Waals surface area contributed by atoms with E-state index in [9.17, 15) is 8.42 Å². The monoisotopic (exact) mass is 203 g/mol. The molecule has 0 fully saturated rings. The topological polar surface area (TPSA) is 59.3 Å². The molecule has 0 amide bonds. The largest absolute Gasteiger partial charge is 0.464 e. The SMILES string of the molecule is CNCc1ccc(CS(C)(=O)=O)o1. The molecule has 0 aliphatic carbocycles. The summed E-state index contributed by atoms with van der Waals surface area (Å²) in [6, 6.07) is 3.46. The fourth-order valence-corrected chi connectivity index (χ4v) is 1.70. The van der Waals surface area contributed by atoms with Gasteiger partial charge >= 0.3 is 0 Å². The van der Waals surface area contributed by atoms with Crippen LogP contribution in [0.5, 0.6) is 0 Å². The van der Waals surface area contributed by atoms with Crippen LogP contribution >= 0.6 is 0 Å². The molecule has 0 aliphatic heterocycles. The Morgan fingerprint density at radius 1 is 1.38 bits per heavy atom. The summed E-state index contributed by atoms with van der Waals surface area (Å²) < 4.78 is 27.0. The predicted molar refractivity (Wildman–Crippen MR) is 50.0 cm³/mol. The summed E-state index contributed by atoms with van der Waals surface area (Å²) in [6.45, 7) is 0.615. The minimum absolute atomic E-state index is 0.0310. The molecule has 13 heavy (non-hydrogen) atoms. The van der Waals surface area contributed by atoms with Gasteiger partial charge in [-0.2, -0.15) is 0 Å². The summed E-state index contributed by atoms with van der Waals surface area (Å²) in [5, 5.41) is 2.92. The Morgan fingerprint density at radius 3 is 2.54 bits per heavy atom. The van der Waals surface area contributed by atoms with Crippen molar-refractivity contribution >= 4 is 9.84 Å². The first-order valence-electron chi connectivity index (χ1n) is 3.91. The highest BCUT2D eigenvalue weighted by atomic mass is 32.2. The lowest BCUT2D eigenvalue weighted by atomic mass is 10.4. The number of hydrogen-bond acceptors (Lipinski definition) is 4. The fourth-order valence-electron chi connectivity index (χ4n) is 1.03. The molecule has 1 N–H and O–H groups in total. The van der Waals surface area contributed by atoms with Crippen LogP contribution in [0.2, 0.25) is 0 Å². The molecule has 1 rings (SSSR count). The first-order chi connectivity index (χ1) is 6.01. The van der Waals surface area contributed by atoms with Crippen molar-refractivity contribution < 1.29 is 12.8 Å². The van der Waals surface area contributed by atoms with Crippen molar-refractivity contribution in [2.45, 2.75) is 12.3 Å². The van der Waals surface area contributed by atoms with Gasteiger partial charge in [-0.1, -0.05) is 0 Å². The molecule has 1 aromatic rings. The van der Waals surface area contributed by atoms with Gasteiger partial charge in [0.05, 0.1) is 6.54 Å². The summed E-state index contributed by atoms with van der Waals surface area (Å²) in [6.07, 6.45) is 1.19. The number of furan rings is 1. The summed E-state index contributed by atoms with van der Waals surface area (Å²) in [7, 11) is -1.19. The quantitative estimate of drug-likeness (QED) is 0.776. The third-order valence-electron chi connectivity index (χ3n) is 1.47. The lowest BCUT2D eigenvalue weighted by molar-refractivity contribution is 0.465. The van der Waals surface area contributed by atoms with Crippen molar-refractivity contribution in [3.8, 4) is 0 Å². The summed E-state index contributed by atoms with van der Waals surface area (Å²) in [5.41, 5.74) is 0. The maximum atomic E-state index is 10.9. The van der Waals surface area contributed by atoms with E-state index in [4.69, 9.17) is 4.42 Å². The van der Waals surface area contributed by atoms with Gasteiger partial charge in [-0.05, 0) is 19.2 Å². The van der Waals surface area contributed by atoms with Crippen LogP contribution < -0.4 is 5.32 Å². The second-order valence-corrected chi connectivity index (χ2v) is 5.11. The third kappa shape index (κ3) is 3.61. The molecule has 0 aliphatic rings. The number of sulfone groups is 1. The van der Waals surface area contributed by atoms with Crippen LogP contribution in [0, 0.1) is 0 Å². The second kappa shape index (κ2) is 3.93. The van der Waals surface area contributed by atoms with Gasteiger partial charge < -0.3 is 9.73 Å². The van der Waals surface area contributed by atoms with Crippen LogP contribution in [-0.2, 0) is 22.1 Å². The molecule has 0 saturated heterocycles. The van der Waals surface area contributed by atoms with Crippen LogP contribution in [0.25, 0.3) is 0 Å². The van der Waals surface area contributed by atoms with Gasteiger partial charge in [-0.3, -0.25) is 0 Å². The predicted octanol–water partition coefficient (Wildman–Crippen LogP) is 0.544. The summed E-state index contributed by atoms with van der Waals surface area (Å²) in [5.74, 6) is 1.21. The van der Waals surface area contributed by atoms with Crippen molar-refractivity contribution in [3.05, 3.63) is 23.7 Å². The van der Waals surface area contributed by atoms with Gasteiger partial charge in [0.2, 0.25) is 0 Å².